The SMILES string of the molecule is COc1cc(OC)cc(-n2c(N)nc3cc(C)cnc32)c1. The van der Waals surface area contributed by atoms with Crippen molar-refractivity contribution in [3.05, 3.63) is 36.0 Å². The van der Waals surface area contributed by atoms with Crippen LogP contribution in [0.1, 0.15) is 5.56 Å². The Kier molecular flexibility index (Phi) is 3.13. The molecule has 0 amide bonds. The Labute approximate surface area is 122 Å². The van der Waals surface area contributed by atoms with E-state index in [1.807, 2.05) is 25.1 Å². The first-order valence-corrected chi connectivity index (χ1v) is 6.46. The Morgan fingerprint density at radius 1 is 1.05 bits per heavy atom. The van der Waals surface area contributed by atoms with Gasteiger partial charge in [-0.15, -0.1) is 0 Å². The van der Waals surface area contributed by atoms with Gasteiger partial charge in [-0.05, 0) is 18.6 Å². The number of nitrogen functional groups attached to an aromatic ring is 1. The van der Waals surface area contributed by atoms with Crippen LogP contribution < -0.4 is 15.2 Å². The lowest BCUT2D eigenvalue weighted by Gasteiger charge is -2.10. The fourth-order valence-corrected chi connectivity index (χ4v) is 2.26. The van der Waals surface area contributed by atoms with Gasteiger partial charge in [0.05, 0.1) is 19.9 Å². The van der Waals surface area contributed by atoms with Gasteiger partial charge in [0, 0.05) is 24.4 Å². The van der Waals surface area contributed by atoms with E-state index in [9.17, 15) is 0 Å². The van der Waals surface area contributed by atoms with Gasteiger partial charge in [0.1, 0.15) is 17.0 Å². The molecule has 0 bridgehead atoms. The Hall–Kier alpha value is -2.76. The van der Waals surface area contributed by atoms with Gasteiger partial charge in [-0.1, -0.05) is 0 Å². The summed E-state index contributed by atoms with van der Waals surface area (Å²) in [7, 11) is 3.21. The smallest absolute Gasteiger partial charge is 0.207 e. The predicted octanol–water partition coefficient (Wildman–Crippen LogP) is 2.33. The number of benzene rings is 1. The summed E-state index contributed by atoms with van der Waals surface area (Å²) in [4.78, 5) is 8.79. The van der Waals surface area contributed by atoms with Gasteiger partial charge in [-0.25, -0.2) is 9.97 Å². The van der Waals surface area contributed by atoms with Gasteiger partial charge in [-0.2, -0.15) is 0 Å². The van der Waals surface area contributed by atoms with Crippen LogP contribution in [0.5, 0.6) is 11.5 Å². The molecule has 21 heavy (non-hydrogen) atoms. The van der Waals surface area contributed by atoms with Crippen LogP contribution in [-0.2, 0) is 0 Å². The van der Waals surface area contributed by atoms with E-state index in [-0.39, 0.29) is 0 Å². The number of hydrogen-bond acceptors (Lipinski definition) is 5. The highest BCUT2D eigenvalue weighted by Crippen LogP contribution is 2.29. The first-order valence-electron chi connectivity index (χ1n) is 6.46. The average Bonchev–Trinajstić information content (AvgIpc) is 2.81. The molecular weight excluding hydrogens is 268 g/mol. The van der Waals surface area contributed by atoms with E-state index in [4.69, 9.17) is 15.2 Å². The number of pyridine rings is 1. The van der Waals surface area contributed by atoms with Crippen molar-refractivity contribution in [3.63, 3.8) is 0 Å². The number of imidazole rings is 1. The first-order chi connectivity index (χ1) is 10.1. The summed E-state index contributed by atoms with van der Waals surface area (Å²) in [6.45, 7) is 1.97. The maximum absolute atomic E-state index is 6.05. The molecule has 3 aromatic rings. The Morgan fingerprint density at radius 3 is 2.33 bits per heavy atom. The molecule has 2 aromatic heterocycles. The molecule has 6 nitrogen and oxygen atoms in total. The second-order valence-corrected chi connectivity index (χ2v) is 4.73. The van der Waals surface area contributed by atoms with Crippen LogP contribution in [0.15, 0.2) is 30.5 Å². The summed E-state index contributed by atoms with van der Waals surface area (Å²) in [6, 6.07) is 7.48. The van der Waals surface area contributed by atoms with E-state index >= 15 is 0 Å². The molecule has 0 aliphatic rings. The van der Waals surface area contributed by atoms with Crippen LogP contribution in [-0.4, -0.2) is 28.8 Å². The quantitative estimate of drug-likeness (QED) is 0.799. The lowest BCUT2D eigenvalue weighted by Crippen LogP contribution is -2.02. The van der Waals surface area contributed by atoms with Crippen molar-refractivity contribution in [2.75, 3.05) is 20.0 Å². The molecule has 0 radical (unpaired) electrons. The fraction of sp³-hybridized carbons (Fsp3) is 0.200. The molecule has 0 aliphatic carbocycles. The van der Waals surface area contributed by atoms with Crippen molar-refractivity contribution >= 4 is 17.1 Å². The number of anilines is 1. The topological polar surface area (TPSA) is 75.2 Å². The lowest BCUT2D eigenvalue weighted by molar-refractivity contribution is 0.394. The zero-order chi connectivity index (χ0) is 15.0. The summed E-state index contributed by atoms with van der Waals surface area (Å²) >= 11 is 0. The third-order valence-corrected chi connectivity index (χ3v) is 3.25. The van der Waals surface area contributed by atoms with Gasteiger partial charge in [0.25, 0.3) is 0 Å². The Morgan fingerprint density at radius 2 is 1.71 bits per heavy atom. The summed E-state index contributed by atoms with van der Waals surface area (Å²) in [5, 5.41) is 0. The molecule has 2 N–H and O–H groups in total. The van der Waals surface area contributed by atoms with Gasteiger partial charge in [0.2, 0.25) is 5.95 Å². The van der Waals surface area contributed by atoms with Crippen molar-refractivity contribution in [2.24, 2.45) is 0 Å². The standard InChI is InChI=1S/C15H16N4O2/c1-9-4-13-14(17-8-9)19(15(16)18-13)10-5-11(20-2)7-12(6-10)21-3/h4-8H,1-3H3,(H2,16,18). The molecule has 0 saturated heterocycles. The number of nitrogens with zero attached hydrogens (tertiary/aromatic N) is 3. The minimum Gasteiger partial charge on any atom is -0.497 e. The van der Waals surface area contributed by atoms with Crippen LogP contribution in [0.25, 0.3) is 16.9 Å². The van der Waals surface area contributed by atoms with Gasteiger partial charge in [0.15, 0.2) is 5.65 Å². The summed E-state index contributed by atoms with van der Waals surface area (Å²) in [6.07, 6.45) is 1.79. The predicted molar refractivity (Wildman–Crippen MR) is 81.1 cm³/mol. The molecule has 1 aromatic carbocycles. The molecule has 6 heteroatoms. The molecule has 0 unspecified atom stereocenters. The van der Waals surface area contributed by atoms with E-state index in [0.717, 1.165) is 16.8 Å². The molecule has 108 valence electrons. The van der Waals surface area contributed by atoms with Crippen molar-refractivity contribution in [3.8, 4) is 17.2 Å². The molecule has 0 spiro atoms. The largest absolute Gasteiger partial charge is 0.497 e. The number of nitrogens with two attached hydrogens (primary N) is 1. The Bertz CT molecular complexity index is 789. The highest BCUT2D eigenvalue weighted by Gasteiger charge is 2.13. The monoisotopic (exact) mass is 284 g/mol. The highest BCUT2D eigenvalue weighted by atomic mass is 16.5. The lowest BCUT2D eigenvalue weighted by atomic mass is 10.2. The summed E-state index contributed by atoms with van der Waals surface area (Å²) < 4.78 is 12.4. The van der Waals surface area contributed by atoms with Crippen LogP contribution >= 0.6 is 0 Å². The number of methoxy groups -OCH3 is 2. The minimum atomic E-state index is 0.374. The van der Waals surface area contributed by atoms with Crippen molar-refractivity contribution < 1.29 is 9.47 Å². The minimum absolute atomic E-state index is 0.374. The Balaban J connectivity index is 2.27. The summed E-state index contributed by atoms with van der Waals surface area (Å²) in [5.74, 6) is 1.73. The van der Waals surface area contributed by atoms with E-state index < -0.39 is 0 Å². The van der Waals surface area contributed by atoms with Crippen molar-refractivity contribution in [2.45, 2.75) is 6.92 Å². The van der Waals surface area contributed by atoms with Crippen molar-refractivity contribution in [1.29, 1.82) is 0 Å². The van der Waals surface area contributed by atoms with E-state index in [2.05, 4.69) is 9.97 Å². The number of rotatable bonds is 3. The maximum atomic E-state index is 6.05. The van der Waals surface area contributed by atoms with E-state index in [0.29, 0.717) is 23.1 Å². The van der Waals surface area contributed by atoms with E-state index in [1.165, 1.54) is 0 Å². The van der Waals surface area contributed by atoms with Crippen LogP contribution in [0.2, 0.25) is 0 Å². The highest BCUT2D eigenvalue weighted by molar-refractivity contribution is 5.77. The number of fused-ring (bicyclic) bond motifs is 1. The number of hydrogen-bond donors (Lipinski definition) is 1. The average molecular weight is 284 g/mol. The van der Waals surface area contributed by atoms with Gasteiger partial charge < -0.3 is 15.2 Å². The number of aryl methyl sites for hydroxylation is 1. The van der Waals surface area contributed by atoms with E-state index in [1.54, 1.807) is 31.0 Å². The van der Waals surface area contributed by atoms with Gasteiger partial charge in [-0.3, -0.25) is 4.57 Å². The molecule has 0 atom stereocenters. The molecule has 0 saturated carbocycles. The molecule has 3 rings (SSSR count). The van der Waals surface area contributed by atoms with Crippen LogP contribution in [0.4, 0.5) is 5.95 Å². The second-order valence-electron chi connectivity index (χ2n) is 4.73. The number of aromatic nitrogens is 3. The molecule has 0 aliphatic heterocycles. The van der Waals surface area contributed by atoms with Crippen LogP contribution in [0.3, 0.4) is 0 Å². The normalized spacial score (nSPS) is 10.8. The summed E-state index contributed by atoms with van der Waals surface area (Å²) in [5.41, 5.74) is 9.34. The van der Waals surface area contributed by atoms with Crippen LogP contribution in [0, 0.1) is 6.92 Å². The molecular formula is C15H16N4O2. The van der Waals surface area contributed by atoms with Gasteiger partial charge >= 0.3 is 0 Å². The first kappa shape index (κ1) is 13.2. The molecule has 0 fully saturated rings. The zero-order valence-electron chi connectivity index (χ0n) is 12.1. The number of ether oxygens (including phenoxy) is 2. The maximum Gasteiger partial charge on any atom is 0.207 e. The zero-order valence-corrected chi connectivity index (χ0v) is 12.1. The second kappa shape index (κ2) is 4.97. The third-order valence-electron chi connectivity index (χ3n) is 3.25. The molecule has 2 heterocycles. The third kappa shape index (κ3) is 2.24. The fourth-order valence-electron chi connectivity index (χ4n) is 2.26. The van der Waals surface area contributed by atoms with Crippen molar-refractivity contribution in [1.82, 2.24) is 14.5 Å².